The second kappa shape index (κ2) is 9.31. The van der Waals surface area contributed by atoms with E-state index >= 15 is 0 Å². The Morgan fingerprint density at radius 2 is 1.87 bits per heavy atom. The summed E-state index contributed by atoms with van der Waals surface area (Å²) < 4.78 is 0. The van der Waals surface area contributed by atoms with Gasteiger partial charge in [-0.2, -0.15) is 5.10 Å². The van der Waals surface area contributed by atoms with Crippen molar-refractivity contribution in [3.63, 3.8) is 0 Å². The Labute approximate surface area is 122 Å². The SMILES string of the molecule is Clc1ccccc1.[Na+].[S-]Cc1ccn[nH]1. The molecule has 2 aromatic rings. The molecule has 0 saturated carbocycles. The van der Waals surface area contributed by atoms with Crippen molar-refractivity contribution >= 4 is 24.2 Å². The number of H-pyrrole nitrogens is 1. The van der Waals surface area contributed by atoms with E-state index in [1.807, 2.05) is 36.4 Å². The van der Waals surface area contributed by atoms with Crippen molar-refractivity contribution in [1.29, 1.82) is 0 Å². The molecule has 0 spiro atoms. The van der Waals surface area contributed by atoms with Gasteiger partial charge in [-0.15, -0.1) is 5.75 Å². The Morgan fingerprint density at radius 3 is 2.13 bits per heavy atom. The minimum Gasteiger partial charge on any atom is -0.787 e. The molecule has 74 valence electrons. The van der Waals surface area contributed by atoms with Gasteiger partial charge in [0.05, 0.1) is 0 Å². The van der Waals surface area contributed by atoms with Gasteiger partial charge in [-0.3, -0.25) is 5.10 Å². The van der Waals surface area contributed by atoms with Crippen LogP contribution in [0.1, 0.15) is 5.69 Å². The van der Waals surface area contributed by atoms with Gasteiger partial charge in [0.1, 0.15) is 0 Å². The number of rotatable bonds is 1. The van der Waals surface area contributed by atoms with Gasteiger partial charge in [-0.05, 0) is 18.2 Å². The second-order valence-electron chi connectivity index (χ2n) is 2.52. The number of benzene rings is 1. The van der Waals surface area contributed by atoms with Crippen LogP contribution in [0, 0.1) is 0 Å². The average Bonchev–Trinajstić information content (AvgIpc) is 2.72. The van der Waals surface area contributed by atoms with E-state index in [-0.39, 0.29) is 29.6 Å². The van der Waals surface area contributed by atoms with Crippen molar-refractivity contribution in [2.45, 2.75) is 5.75 Å². The molecule has 0 aliphatic rings. The molecule has 5 heteroatoms. The van der Waals surface area contributed by atoms with Gasteiger partial charge < -0.3 is 12.6 Å². The normalized spacial score (nSPS) is 8.40. The maximum atomic E-state index is 5.54. The fourth-order valence-electron chi connectivity index (χ4n) is 0.780. The molecule has 0 atom stereocenters. The van der Waals surface area contributed by atoms with Crippen LogP contribution in [-0.4, -0.2) is 10.2 Å². The summed E-state index contributed by atoms with van der Waals surface area (Å²) in [7, 11) is 0. The zero-order valence-electron chi connectivity index (χ0n) is 8.48. The van der Waals surface area contributed by atoms with E-state index < -0.39 is 0 Å². The fourth-order valence-corrected chi connectivity index (χ4v) is 1.09. The monoisotopic (exact) mass is 248 g/mol. The Kier molecular flexibility index (Phi) is 9.35. The van der Waals surface area contributed by atoms with Crippen LogP contribution < -0.4 is 29.6 Å². The summed E-state index contributed by atoms with van der Waals surface area (Å²) in [6, 6.07) is 11.3. The maximum absolute atomic E-state index is 5.54. The molecule has 0 aliphatic carbocycles. The molecule has 0 unspecified atom stereocenters. The standard InChI is InChI=1S/C6H5Cl.C4H6N2S.Na/c7-6-4-2-1-3-5-6;7-3-4-1-2-5-6-4;/h1-5H;1-2,7H,3H2,(H,5,6);/q;;+1/p-1. The topological polar surface area (TPSA) is 28.7 Å². The Hall–Kier alpha value is 0.0700. The van der Waals surface area contributed by atoms with Crippen molar-refractivity contribution in [3.8, 4) is 0 Å². The quantitative estimate of drug-likeness (QED) is 0.560. The molecular formula is C10H10ClN2NaS. The van der Waals surface area contributed by atoms with E-state index in [1.54, 1.807) is 6.20 Å². The van der Waals surface area contributed by atoms with E-state index in [2.05, 4.69) is 10.2 Å². The number of nitrogens with one attached hydrogen (secondary N) is 1. The molecule has 1 aromatic heterocycles. The molecule has 15 heavy (non-hydrogen) atoms. The Bertz CT molecular complexity index is 340. The zero-order chi connectivity index (χ0) is 10.2. The van der Waals surface area contributed by atoms with Gasteiger partial charge in [0.2, 0.25) is 0 Å². The van der Waals surface area contributed by atoms with Crippen molar-refractivity contribution < 1.29 is 29.6 Å². The molecule has 2 rings (SSSR count). The van der Waals surface area contributed by atoms with Gasteiger partial charge in [0, 0.05) is 16.9 Å². The molecule has 1 heterocycles. The van der Waals surface area contributed by atoms with Crippen LogP contribution in [0.5, 0.6) is 0 Å². The van der Waals surface area contributed by atoms with Crippen LogP contribution in [0.2, 0.25) is 5.02 Å². The van der Waals surface area contributed by atoms with E-state index in [4.69, 9.17) is 24.2 Å². The second-order valence-corrected chi connectivity index (χ2v) is 3.25. The van der Waals surface area contributed by atoms with Crippen molar-refractivity contribution in [3.05, 3.63) is 53.3 Å². The van der Waals surface area contributed by atoms with E-state index in [1.165, 1.54) is 0 Å². The summed E-state index contributed by atoms with van der Waals surface area (Å²) in [5.41, 5.74) is 1.01. The summed E-state index contributed by atoms with van der Waals surface area (Å²) in [6.07, 6.45) is 1.70. The van der Waals surface area contributed by atoms with Gasteiger partial charge >= 0.3 is 29.6 Å². The van der Waals surface area contributed by atoms with E-state index in [0.29, 0.717) is 5.75 Å². The minimum atomic E-state index is 0. The molecule has 1 aromatic carbocycles. The van der Waals surface area contributed by atoms with Crippen LogP contribution >= 0.6 is 11.6 Å². The third-order valence-electron chi connectivity index (χ3n) is 1.45. The van der Waals surface area contributed by atoms with Crippen molar-refractivity contribution in [2.24, 2.45) is 0 Å². The fraction of sp³-hybridized carbons (Fsp3) is 0.100. The summed E-state index contributed by atoms with van der Waals surface area (Å²) in [5, 5.41) is 7.23. The molecule has 0 bridgehead atoms. The molecule has 2 nitrogen and oxygen atoms in total. The zero-order valence-corrected chi connectivity index (χ0v) is 12.1. The number of hydrogen-bond donors (Lipinski definition) is 1. The molecule has 0 saturated heterocycles. The minimum absolute atomic E-state index is 0. The summed E-state index contributed by atoms with van der Waals surface area (Å²) >= 11 is 10.2. The van der Waals surface area contributed by atoms with Crippen LogP contribution in [0.4, 0.5) is 0 Å². The van der Waals surface area contributed by atoms with E-state index in [9.17, 15) is 0 Å². The predicted molar refractivity (Wildman–Crippen MR) is 61.1 cm³/mol. The molecule has 0 aliphatic heterocycles. The first kappa shape index (κ1) is 15.1. The van der Waals surface area contributed by atoms with Crippen LogP contribution in [0.3, 0.4) is 0 Å². The average molecular weight is 249 g/mol. The van der Waals surface area contributed by atoms with E-state index in [0.717, 1.165) is 10.7 Å². The van der Waals surface area contributed by atoms with Gasteiger partial charge in [0.25, 0.3) is 0 Å². The first-order valence-electron chi connectivity index (χ1n) is 4.10. The molecule has 0 fully saturated rings. The predicted octanol–water partition coefficient (Wildman–Crippen LogP) is -0.199. The number of halogens is 1. The van der Waals surface area contributed by atoms with Gasteiger partial charge in [0.15, 0.2) is 0 Å². The Morgan fingerprint density at radius 1 is 1.20 bits per heavy atom. The third-order valence-corrected chi connectivity index (χ3v) is 2.01. The smallest absolute Gasteiger partial charge is 0.787 e. The maximum Gasteiger partial charge on any atom is 1.00 e. The third kappa shape index (κ3) is 7.03. The molecule has 1 N–H and O–H groups in total. The van der Waals surface area contributed by atoms with Gasteiger partial charge in [-0.1, -0.05) is 29.8 Å². The number of nitrogens with zero attached hydrogens (tertiary/aromatic N) is 1. The molecule has 0 amide bonds. The summed E-state index contributed by atoms with van der Waals surface area (Å²) in [5.74, 6) is 0.625. The van der Waals surface area contributed by atoms with Crippen molar-refractivity contribution in [2.75, 3.05) is 0 Å². The van der Waals surface area contributed by atoms with Crippen molar-refractivity contribution in [1.82, 2.24) is 10.2 Å². The molecular weight excluding hydrogens is 239 g/mol. The van der Waals surface area contributed by atoms with Crippen LogP contribution in [-0.2, 0) is 18.4 Å². The van der Waals surface area contributed by atoms with Crippen LogP contribution in [0.15, 0.2) is 42.6 Å². The number of hydrogen-bond acceptors (Lipinski definition) is 2. The van der Waals surface area contributed by atoms with Gasteiger partial charge in [-0.25, -0.2) is 0 Å². The first-order chi connectivity index (χ1) is 6.83. The molecule has 0 radical (unpaired) electrons. The number of aromatic nitrogens is 2. The first-order valence-corrected chi connectivity index (χ1v) is 5.05. The largest absolute Gasteiger partial charge is 1.00 e. The summed E-state index contributed by atoms with van der Waals surface area (Å²) in [4.78, 5) is 0. The van der Waals surface area contributed by atoms with Crippen LogP contribution in [0.25, 0.3) is 0 Å². The number of aromatic amines is 1. The summed E-state index contributed by atoms with van der Waals surface area (Å²) in [6.45, 7) is 0. The Balaban J connectivity index is 0.000000245.